The van der Waals surface area contributed by atoms with Crippen molar-refractivity contribution < 1.29 is 4.74 Å². The fourth-order valence-corrected chi connectivity index (χ4v) is 1.79. The maximum absolute atomic E-state index is 5.82. The summed E-state index contributed by atoms with van der Waals surface area (Å²) in [6.45, 7) is 2.60. The molecule has 4 heteroatoms. The van der Waals surface area contributed by atoms with Gasteiger partial charge in [-0.25, -0.2) is 4.98 Å². The number of ether oxygens (including phenoxy) is 1. The minimum Gasteiger partial charge on any atom is -0.478 e. The number of rotatable bonds is 6. The molecule has 0 aliphatic carbocycles. The molecule has 0 aliphatic heterocycles. The van der Waals surface area contributed by atoms with E-state index in [2.05, 4.69) is 9.97 Å². The summed E-state index contributed by atoms with van der Waals surface area (Å²) in [6.07, 6.45) is 7.29. The summed E-state index contributed by atoms with van der Waals surface area (Å²) < 4.78 is 5.64. The molecule has 2 N–H and O–H groups in total. The first kappa shape index (κ1) is 13.5. The summed E-state index contributed by atoms with van der Waals surface area (Å²) in [5.41, 5.74) is 8.14. The lowest BCUT2D eigenvalue weighted by atomic mass is 10.1. The third-order valence-corrected chi connectivity index (χ3v) is 2.89. The van der Waals surface area contributed by atoms with E-state index >= 15 is 0 Å². The molecule has 2 aromatic heterocycles. The molecule has 100 valence electrons. The molecule has 0 aromatic carbocycles. The van der Waals surface area contributed by atoms with Crippen molar-refractivity contribution in [3.8, 4) is 5.88 Å². The first-order valence-electron chi connectivity index (χ1n) is 6.49. The summed E-state index contributed by atoms with van der Waals surface area (Å²) in [5, 5.41) is 0. The van der Waals surface area contributed by atoms with Crippen molar-refractivity contribution in [1.29, 1.82) is 0 Å². The molecule has 19 heavy (non-hydrogen) atoms. The Morgan fingerprint density at radius 2 is 2.00 bits per heavy atom. The van der Waals surface area contributed by atoms with Crippen LogP contribution < -0.4 is 10.5 Å². The molecule has 0 bridgehead atoms. The van der Waals surface area contributed by atoms with Crippen LogP contribution in [-0.4, -0.2) is 16.6 Å². The van der Waals surface area contributed by atoms with E-state index in [9.17, 15) is 0 Å². The summed E-state index contributed by atoms with van der Waals surface area (Å²) >= 11 is 0. The Kier molecular flexibility index (Phi) is 4.86. The lowest BCUT2D eigenvalue weighted by Crippen LogP contribution is -2.06. The van der Waals surface area contributed by atoms with Gasteiger partial charge in [-0.15, -0.1) is 0 Å². The first-order valence-corrected chi connectivity index (χ1v) is 6.49. The molecule has 4 nitrogen and oxygen atoms in total. The predicted molar refractivity (Wildman–Crippen MR) is 74.9 cm³/mol. The Morgan fingerprint density at radius 1 is 1.21 bits per heavy atom. The molecular weight excluding hydrogens is 238 g/mol. The van der Waals surface area contributed by atoms with Crippen LogP contribution in [0.3, 0.4) is 0 Å². The van der Waals surface area contributed by atoms with Crippen molar-refractivity contribution in [2.75, 3.05) is 6.61 Å². The number of nitrogens with two attached hydrogens (primary N) is 1. The van der Waals surface area contributed by atoms with Gasteiger partial charge in [-0.05, 0) is 49.1 Å². The zero-order chi connectivity index (χ0) is 13.5. The van der Waals surface area contributed by atoms with E-state index in [0.717, 1.165) is 18.4 Å². The smallest absolute Gasteiger partial charge is 0.213 e. The molecule has 2 heterocycles. The van der Waals surface area contributed by atoms with Crippen molar-refractivity contribution in [3.05, 3.63) is 54.0 Å². The van der Waals surface area contributed by atoms with Gasteiger partial charge in [-0.3, -0.25) is 4.98 Å². The molecule has 0 spiro atoms. The van der Waals surface area contributed by atoms with E-state index in [1.165, 1.54) is 5.56 Å². The van der Waals surface area contributed by atoms with Gasteiger partial charge in [0.25, 0.3) is 0 Å². The minimum atomic E-state index is 0.00201. The van der Waals surface area contributed by atoms with Crippen molar-refractivity contribution in [3.63, 3.8) is 0 Å². The van der Waals surface area contributed by atoms with E-state index in [4.69, 9.17) is 10.5 Å². The van der Waals surface area contributed by atoms with E-state index in [0.29, 0.717) is 12.5 Å². The molecule has 1 unspecified atom stereocenters. The van der Waals surface area contributed by atoms with Crippen molar-refractivity contribution >= 4 is 0 Å². The Balaban J connectivity index is 1.78. The summed E-state index contributed by atoms with van der Waals surface area (Å²) in [4.78, 5) is 8.17. The van der Waals surface area contributed by atoms with Gasteiger partial charge in [0.1, 0.15) is 0 Å². The maximum atomic E-state index is 5.82. The van der Waals surface area contributed by atoms with Crippen LogP contribution in [0.4, 0.5) is 0 Å². The Labute approximate surface area is 113 Å². The normalized spacial score (nSPS) is 12.1. The second kappa shape index (κ2) is 6.85. The molecule has 0 saturated heterocycles. The van der Waals surface area contributed by atoms with E-state index in [1.54, 1.807) is 6.20 Å². The summed E-state index contributed by atoms with van der Waals surface area (Å²) in [7, 11) is 0. The Morgan fingerprint density at radius 3 is 2.74 bits per heavy atom. The number of hydrogen-bond acceptors (Lipinski definition) is 4. The van der Waals surface area contributed by atoms with Gasteiger partial charge in [-0.2, -0.15) is 0 Å². The van der Waals surface area contributed by atoms with Crippen LogP contribution in [0.25, 0.3) is 0 Å². The van der Waals surface area contributed by atoms with Crippen LogP contribution in [0.15, 0.2) is 42.9 Å². The second-order valence-corrected chi connectivity index (χ2v) is 4.52. The van der Waals surface area contributed by atoms with E-state index in [1.807, 2.05) is 43.6 Å². The van der Waals surface area contributed by atoms with Crippen molar-refractivity contribution in [2.24, 2.45) is 5.73 Å². The van der Waals surface area contributed by atoms with Crippen LogP contribution in [0.2, 0.25) is 0 Å². The predicted octanol–water partition coefficient (Wildman–Crippen LogP) is 2.51. The van der Waals surface area contributed by atoms with Crippen LogP contribution in [0, 0.1) is 0 Å². The standard InChI is InChI=1S/C15H19N3O/c1-12(16)14-6-9-18-15(11-14)19-10-2-3-13-4-7-17-8-5-13/h4-9,11-12H,2-3,10,16H2,1H3. The van der Waals surface area contributed by atoms with Crippen LogP contribution in [0.5, 0.6) is 5.88 Å². The highest BCUT2D eigenvalue weighted by Gasteiger charge is 2.02. The fraction of sp³-hybridized carbons (Fsp3) is 0.333. The SMILES string of the molecule is CC(N)c1ccnc(OCCCc2ccncc2)c1. The van der Waals surface area contributed by atoms with Crippen LogP contribution in [0.1, 0.15) is 30.5 Å². The number of nitrogens with zero attached hydrogens (tertiary/aromatic N) is 2. The third kappa shape index (κ3) is 4.34. The average molecular weight is 257 g/mol. The zero-order valence-corrected chi connectivity index (χ0v) is 11.1. The zero-order valence-electron chi connectivity index (χ0n) is 11.1. The number of hydrogen-bond donors (Lipinski definition) is 1. The molecule has 1 atom stereocenters. The molecule has 0 fully saturated rings. The lowest BCUT2D eigenvalue weighted by molar-refractivity contribution is 0.299. The molecule has 0 saturated carbocycles. The highest BCUT2D eigenvalue weighted by molar-refractivity contribution is 5.22. The van der Waals surface area contributed by atoms with Gasteiger partial charge in [0.15, 0.2) is 0 Å². The molecule has 2 rings (SSSR count). The molecule has 2 aromatic rings. The van der Waals surface area contributed by atoms with Crippen molar-refractivity contribution in [1.82, 2.24) is 9.97 Å². The molecular formula is C15H19N3O. The van der Waals surface area contributed by atoms with Gasteiger partial charge in [0.2, 0.25) is 5.88 Å². The topological polar surface area (TPSA) is 61.0 Å². The Bertz CT molecular complexity index is 500. The van der Waals surface area contributed by atoms with Crippen LogP contribution >= 0.6 is 0 Å². The van der Waals surface area contributed by atoms with Gasteiger partial charge in [0.05, 0.1) is 6.61 Å². The van der Waals surface area contributed by atoms with Gasteiger partial charge in [0, 0.05) is 30.7 Å². The Hall–Kier alpha value is -1.94. The highest BCUT2D eigenvalue weighted by Crippen LogP contribution is 2.14. The molecule has 0 amide bonds. The first-order chi connectivity index (χ1) is 9.25. The van der Waals surface area contributed by atoms with Gasteiger partial charge >= 0.3 is 0 Å². The largest absolute Gasteiger partial charge is 0.478 e. The minimum absolute atomic E-state index is 0.00201. The van der Waals surface area contributed by atoms with Crippen LogP contribution in [-0.2, 0) is 6.42 Å². The van der Waals surface area contributed by atoms with E-state index in [-0.39, 0.29) is 6.04 Å². The number of aromatic nitrogens is 2. The van der Waals surface area contributed by atoms with E-state index < -0.39 is 0 Å². The second-order valence-electron chi connectivity index (χ2n) is 4.52. The quantitative estimate of drug-likeness (QED) is 0.808. The third-order valence-electron chi connectivity index (χ3n) is 2.89. The molecule has 0 aliphatic rings. The monoisotopic (exact) mass is 257 g/mol. The summed E-state index contributed by atoms with van der Waals surface area (Å²) in [6, 6.07) is 7.86. The fourth-order valence-electron chi connectivity index (χ4n) is 1.79. The highest BCUT2D eigenvalue weighted by atomic mass is 16.5. The lowest BCUT2D eigenvalue weighted by Gasteiger charge is -2.09. The van der Waals surface area contributed by atoms with Gasteiger partial charge in [-0.1, -0.05) is 0 Å². The number of aryl methyl sites for hydroxylation is 1. The number of pyridine rings is 2. The van der Waals surface area contributed by atoms with Crippen molar-refractivity contribution in [2.45, 2.75) is 25.8 Å². The maximum Gasteiger partial charge on any atom is 0.213 e. The molecule has 0 radical (unpaired) electrons. The average Bonchev–Trinajstić information content (AvgIpc) is 2.45. The summed E-state index contributed by atoms with van der Waals surface area (Å²) in [5.74, 6) is 0.643. The van der Waals surface area contributed by atoms with Gasteiger partial charge < -0.3 is 10.5 Å².